The fourth-order valence-corrected chi connectivity index (χ4v) is 0.375. The smallest absolute Gasteiger partial charge is 0.375 e. The predicted octanol–water partition coefficient (Wildman–Crippen LogP) is 0.357. The summed E-state index contributed by atoms with van der Waals surface area (Å²) in [6, 6.07) is 0. The minimum Gasteiger partial charge on any atom is -0.460 e. The van der Waals surface area contributed by atoms with Gasteiger partial charge in [0.2, 0.25) is 0 Å². The second-order valence-electron chi connectivity index (χ2n) is 1.28. The molecule has 0 saturated heterocycles. The Balaban J connectivity index is 3.60. The van der Waals surface area contributed by atoms with Crippen molar-refractivity contribution in [2.45, 2.75) is 6.92 Å². The molecule has 52 valence electrons. The number of alkyl halides is 1. The summed E-state index contributed by atoms with van der Waals surface area (Å²) >= 11 is 5.03. The second kappa shape index (κ2) is 4.32. The number of ketones is 1. The van der Waals surface area contributed by atoms with E-state index in [0.717, 1.165) is 0 Å². The molecule has 0 saturated carbocycles. The fraction of sp³-hybridized carbons (Fsp3) is 0.600. The van der Waals surface area contributed by atoms with Gasteiger partial charge in [-0.2, -0.15) is 0 Å². The molecule has 0 aromatic carbocycles. The fourth-order valence-electron chi connectivity index (χ4n) is 0.266. The Hall–Kier alpha value is -0.570. The van der Waals surface area contributed by atoms with Gasteiger partial charge in [0.05, 0.1) is 12.5 Å². The first kappa shape index (κ1) is 8.43. The van der Waals surface area contributed by atoms with Crippen LogP contribution in [0.3, 0.4) is 0 Å². The van der Waals surface area contributed by atoms with Crippen LogP contribution in [-0.2, 0) is 14.3 Å². The summed E-state index contributed by atoms with van der Waals surface area (Å²) in [5, 5.41) is 0. The van der Waals surface area contributed by atoms with E-state index in [1.54, 1.807) is 6.92 Å². The number of halogens is 1. The number of carbonyl (C=O) groups excluding carboxylic acids is 2. The monoisotopic (exact) mass is 150 g/mol. The maximum Gasteiger partial charge on any atom is 0.375 e. The zero-order valence-electron chi connectivity index (χ0n) is 5.02. The minimum atomic E-state index is -0.854. The van der Waals surface area contributed by atoms with Gasteiger partial charge in [-0.05, 0) is 6.92 Å². The Labute approximate surface area is 57.9 Å². The average Bonchev–Trinajstić information content (AvgIpc) is 1.87. The van der Waals surface area contributed by atoms with Gasteiger partial charge in [0, 0.05) is 0 Å². The molecule has 0 rings (SSSR count). The molecule has 0 radical (unpaired) electrons. The average molecular weight is 151 g/mol. The minimum absolute atomic E-state index is 0.210. The van der Waals surface area contributed by atoms with Crippen LogP contribution in [0.15, 0.2) is 0 Å². The molecule has 0 unspecified atom stereocenters. The Morgan fingerprint density at radius 1 is 1.56 bits per heavy atom. The van der Waals surface area contributed by atoms with Crippen molar-refractivity contribution in [3.8, 4) is 0 Å². The van der Waals surface area contributed by atoms with Crippen LogP contribution in [0.4, 0.5) is 0 Å². The molecule has 0 amide bonds. The van der Waals surface area contributed by atoms with Crippen molar-refractivity contribution in [1.29, 1.82) is 0 Å². The number of Topliss-reactive ketones (excluding diaryl/α,β-unsaturated/α-hetero) is 1. The molecule has 0 aromatic heterocycles. The maximum absolute atomic E-state index is 10.3. The predicted molar refractivity (Wildman–Crippen MR) is 32.4 cm³/mol. The normalized spacial score (nSPS) is 8.67. The summed E-state index contributed by atoms with van der Waals surface area (Å²) in [4.78, 5) is 20.6. The van der Waals surface area contributed by atoms with Crippen molar-refractivity contribution in [2.24, 2.45) is 0 Å². The van der Waals surface area contributed by atoms with E-state index in [1.807, 2.05) is 0 Å². The number of hydrogen-bond acceptors (Lipinski definition) is 3. The third-order valence-corrected chi connectivity index (χ3v) is 0.867. The van der Waals surface area contributed by atoms with Gasteiger partial charge in [-0.1, -0.05) is 0 Å². The summed E-state index contributed by atoms with van der Waals surface area (Å²) < 4.78 is 4.32. The van der Waals surface area contributed by atoms with E-state index in [1.165, 1.54) is 0 Å². The molecule has 0 aliphatic rings. The highest BCUT2D eigenvalue weighted by molar-refractivity contribution is 6.45. The first-order valence-corrected chi connectivity index (χ1v) is 3.01. The van der Waals surface area contributed by atoms with E-state index in [2.05, 4.69) is 4.74 Å². The summed E-state index contributed by atoms with van der Waals surface area (Å²) in [5.74, 6) is -1.86. The van der Waals surface area contributed by atoms with Gasteiger partial charge in [-0.25, -0.2) is 4.79 Å². The third kappa shape index (κ3) is 3.08. The highest BCUT2D eigenvalue weighted by Gasteiger charge is 2.11. The van der Waals surface area contributed by atoms with Crippen LogP contribution in [0, 0.1) is 0 Å². The summed E-state index contributed by atoms with van der Waals surface area (Å²) in [5.41, 5.74) is 0. The molecular weight excluding hydrogens is 144 g/mol. The largest absolute Gasteiger partial charge is 0.460 e. The Morgan fingerprint density at radius 2 is 2.11 bits per heavy atom. The topological polar surface area (TPSA) is 43.4 Å². The molecule has 0 heterocycles. The molecule has 9 heavy (non-hydrogen) atoms. The molecule has 0 atom stereocenters. The van der Waals surface area contributed by atoms with Gasteiger partial charge in [0.25, 0.3) is 5.78 Å². The van der Waals surface area contributed by atoms with Crippen molar-refractivity contribution < 1.29 is 14.3 Å². The molecule has 0 fully saturated rings. The second-order valence-corrected chi connectivity index (χ2v) is 1.54. The first-order chi connectivity index (χ1) is 4.22. The zero-order valence-corrected chi connectivity index (χ0v) is 5.77. The summed E-state index contributed by atoms with van der Waals surface area (Å²) in [6.07, 6.45) is 0. The van der Waals surface area contributed by atoms with E-state index < -0.39 is 11.8 Å². The van der Waals surface area contributed by atoms with Crippen molar-refractivity contribution in [2.75, 3.05) is 12.5 Å². The third-order valence-electron chi connectivity index (χ3n) is 0.624. The highest BCUT2D eigenvalue weighted by Crippen LogP contribution is 1.83. The number of ether oxygens (including phenoxy) is 1. The van der Waals surface area contributed by atoms with Crippen LogP contribution in [0.5, 0.6) is 0 Å². The molecular formula is C5H7ClO3. The van der Waals surface area contributed by atoms with Gasteiger partial charge >= 0.3 is 5.97 Å². The van der Waals surface area contributed by atoms with Gasteiger partial charge in [-0.3, -0.25) is 4.79 Å². The number of carbonyl (C=O) groups is 2. The number of rotatable bonds is 3. The quantitative estimate of drug-likeness (QED) is 0.332. The molecule has 0 N–H and O–H groups in total. The lowest BCUT2D eigenvalue weighted by Crippen LogP contribution is -2.18. The lowest BCUT2D eigenvalue weighted by atomic mass is 10.5. The van der Waals surface area contributed by atoms with Crippen molar-refractivity contribution in [1.82, 2.24) is 0 Å². The number of esters is 1. The molecule has 4 heteroatoms. The highest BCUT2D eigenvalue weighted by atomic mass is 35.5. The van der Waals surface area contributed by atoms with E-state index in [0.29, 0.717) is 0 Å². The van der Waals surface area contributed by atoms with Crippen LogP contribution in [-0.4, -0.2) is 24.2 Å². The molecule has 0 aliphatic heterocycles. The maximum atomic E-state index is 10.3. The SMILES string of the molecule is CCOC(=O)C(=O)CCl. The van der Waals surface area contributed by atoms with E-state index >= 15 is 0 Å². The van der Waals surface area contributed by atoms with Crippen molar-refractivity contribution in [3.05, 3.63) is 0 Å². The Kier molecular flexibility index (Phi) is 4.05. The number of hydrogen-bond donors (Lipinski definition) is 0. The van der Waals surface area contributed by atoms with Crippen molar-refractivity contribution >= 4 is 23.4 Å². The lowest BCUT2D eigenvalue weighted by molar-refractivity contribution is -0.152. The van der Waals surface area contributed by atoms with Gasteiger partial charge < -0.3 is 4.74 Å². The Bertz CT molecular complexity index is 121. The van der Waals surface area contributed by atoms with Gasteiger partial charge in [0.1, 0.15) is 0 Å². The Morgan fingerprint density at radius 3 is 2.44 bits per heavy atom. The molecule has 3 nitrogen and oxygen atoms in total. The molecule has 0 aromatic rings. The van der Waals surface area contributed by atoms with Crippen LogP contribution >= 0.6 is 11.6 Å². The van der Waals surface area contributed by atoms with Crippen LogP contribution < -0.4 is 0 Å². The van der Waals surface area contributed by atoms with Crippen molar-refractivity contribution in [3.63, 3.8) is 0 Å². The molecule has 0 bridgehead atoms. The van der Waals surface area contributed by atoms with Gasteiger partial charge in [0.15, 0.2) is 0 Å². The van der Waals surface area contributed by atoms with E-state index in [-0.39, 0.29) is 12.5 Å². The lowest BCUT2D eigenvalue weighted by Gasteiger charge is -1.94. The van der Waals surface area contributed by atoms with Crippen LogP contribution in [0.2, 0.25) is 0 Å². The van der Waals surface area contributed by atoms with Crippen LogP contribution in [0.1, 0.15) is 6.92 Å². The standard InChI is InChI=1S/C5H7ClO3/c1-2-9-5(8)4(7)3-6/h2-3H2,1H3. The van der Waals surface area contributed by atoms with Gasteiger partial charge in [-0.15, -0.1) is 11.6 Å². The molecule has 0 spiro atoms. The van der Waals surface area contributed by atoms with Crippen LogP contribution in [0.25, 0.3) is 0 Å². The summed E-state index contributed by atoms with van der Waals surface area (Å²) in [7, 11) is 0. The van der Waals surface area contributed by atoms with E-state index in [9.17, 15) is 9.59 Å². The summed E-state index contributed by atoms with van der Waals surface area (Å²) in [6.45, 7) is 1.83. The van der Waals surface area contributed by atoms with E-state index in [4.69, 9.17) is 11.6 Å². The zero-order chi connectivity index (χ0) is 7.28. The first-order valence-electron chi connectivity index (χ1n) is 2.48. The molecule has 0 aliphatic carbocycles.